The lowest BCUT2D eigenvalue weighted by Crippen LogP contribution is -2.29. The third-order valence-corrected chi connectivity index (χ3v) is 3.02. The zero-order valence-corrected chi connectivity index (χ0v) is 8.72. The van der Waals surface area contributed by atoms with Gasteiger partial charge < -0.3 is 5.32 Å². The molecular formula is C13H17N. The van der Waals surface area contributed by atoms with Crippen LogP contribution in [-0.2, 0) is 0 Å². The van der Waals surface area contributed by atoms with Crippen LogP contribution >= 0.6 is 0 Å². The molecule has 1 saturated heterocycles. The number of nitrogens with one attached hydrogen (secondary N) is 1. The molecule has 2 rings (SSSR count). The Morgan fingerprint density at radius 2 is 2.14 bits per heavy atom. The van der Waals surface area contributed by atoms with E-state index in [1.54, 1.807) is 0 Å². The summed E-state index contributed by atoms with van der Waals surface area (Å²) in [4.78, 5) is 0. The fourth-order valence-electron chi connectivity index (χ4n) is 2.18. The molecule has 14 heavy (non-hydrogen) atoms. The van der Waals surface area contributed by atoms with Gasteiger partial charge in [0.15, 0.2) is 0 Å². The molecule has 0 bridgehead atoms. The van der Waals surface area contributed by atoms with Crippen molar-refractivity contribution in [3.63, 3.8) is 0 Å². The quantitative estimate of drug-likeness (QED) is 0.666. The number of hydrogen-bond donors (Lipinski definition) is 1. The highest BCUT2D eigenvalue weighted by Gasteiger charge is 2.19. The van der Waals surface area contributed by atoms with Crippen molar-refractivity contribution in [1.82, 2.24) is 5.32 Å². The van der Waals surface area contributed by atoms with E-state index in [0.29, 0.717) is 5.92 Å². The number of piperidine rings is 1. The SMILES string of the molecule is C=C1CNCCC1c1ccccc1C. The van der Waals surface area contributed by atoms with Crippen molar-refractivity contribution in [2.45, 2.75) is 19.3 Å². The van der Waals surface area contributed by atoms with Crippen LogP contribution < -0.4 is 5.32 Å². The summed E-state index contributed by atoms with van der Waals surface area (Å²) in [5.41, 5.74) is 4.17. The van der Waals surface area contributed by atoms with Gasteiger partial charge in [0.05, 0.1) is 0 Å². The zero-order valence-electron chi connectivity index (χ0n) is 8.72. The summed E-state index contributed by atoms with van der Waals surface area (Å²) in [7, 11) is 0. The second-order valence-corrected chi connectivity index (χ2v) is 4.03. The zero-order chi connectivity index (χ0) is 9.97. The predicted molar refractivity (Wildman–Crippen MR) is 60.5 cm³/mol. The first-order chi connectivity index (χ1) is 6.79. The monoisotopic (exact) mass is 187 g/mol. The van der Waals surface area contributed by atoms with Crippen LogP contribution in [0.1, 0.15) is 23.5 Å². The molecule has 0 saturated carbocycles. The molecular weight excluding hydrogens is 170 g/mol. The van der Waals surface area contributed by atoms with Gasteiger partial charge in [0.1, 0.15) is 0 Å². The van der Waals surface area contributed by atoms with Crippen LogP contribution in [0.25, 0.3) is 0 Å². The molecule has 0 radical (unpaired) electrons. The van der Waals surface area contributed by atoms with Crippen LogP contribution in [0.5, 0.6) is 0 Å². The van der Waals surface area contributed by atoms with Crippen molar-refractivity contribution >= 4 is 0 Å². The van der Waals surface area contributed by atoms with Crippen LogP contribution in [0.4, 0.5) is 0 Å². The van der Waals surface area contributed by atoms with Crippen LogP contribution in [0.15, 0.2) is 36.4 Å². The maximum Gasteiger partial charge on any atom is 0.0168 e. The number of rotatable bonds is 1. The summed E-state index contributed by atoms with van der Waals surface area (Å²) in [6.07, 6.45) is 1.18. The minimum absolute atomic E-state index is 0.567. The summed E-state index contributed by atoms with van der Waals surface area (Å²) >= 11 is 0. The van der Waals surface area contributed by atoms with Crippen molar-refractivity contribution in [2.75, 3.05) is 13.1 Å². The lowest BCUT2D eigenvalue weighted by Gasteiger charge is -2.26. The minimum atomic E-state index is 0.567. The van der Waals surface area contributed by atoms with E-state index in [1.165, 1.54) is 23.1 Å². The lowest BCUT2D eigenvalue weighted by atomic mass is 9.84. The van der Waals surface area contributed by atoms with Gasteiger partial charge in [-0.1, -0.05) is 36.4 Å². The van der Waals surface area contributed by atoms with E-state index in [-0.39, 0.29) is 0 Å². The molecule has 0 amide bonds. The van der Waals surface area contributed by atoms with Gasteiger partial charge in [0.25, 0.3) is 0 Å². The maximum atomic E-state index is 4.15. The van der Waals surface area contributed by atoms with Gasteiger partial charge in [-0.15, -0.1) is 0 Å². The molecule has 1 aliphatic heterocycles. The van der Waals surface area contributed by atoms with Crippen molar-refractivity contribution in [1.29, 1.82) is 0 Å². The van der Waals surface area contributed by atoms with E-state index in [1.807, 2.05) is 0 Å². The van der Waals surface area contributed by atoms with Gasteiger partial charge in [0.2, 0.25) is 0 Å². The molecule has 0 aliphatic carbocycles. The highest BCUT2D eigenvalue weighted by molar-refractivity contribution is 5.35. The van der Waals surface area contributed by atoms with Gasteiger partial charge in [-0.3, -0.25) is 0 Å². The third kappa shape index (κ3) is 1.73. The Labute approximate surface area is 85.8 Å². The van der Waals surface area contributed by atoms with E-state index < -0.39 is 0 Å². The Kier molecular flexibility index (Phi) is 2.69. The summed E-state index contributed by atoms with van der Waals surface area (Å²) < 4.78 is 0. The van der Waals surface area contributed by atoms with Crippen LogP contribution in [-0.4, -0.2) is 13.1 Å². The highest BCUT2D eigenvalue weighted by Crippen LogP contribution is 2.30. The molecule has 1 heterocycles. The first-order valence-electron chi connectivity index (χ1n) is 5.23. The third-order valence-electron chi connectivity index (χ3n) is 3.02. The van der Waals surface area contributed by atoms with Crippen LogP contribution in [0, 0.1) is 6.92 Å². The van der Waals surface area contributed by atoms with Gasteiger partial charge >= 0.3 is 0 Å². The van der Waals surface area contributed by atoms with E-state index in [0.717, 1.165) is 13.1 Å². The van der Waals surface area contributed by atoms with E-state index in [4.69, 9.17) is 0 Å². The molecule has 1 aromatic carbocycles. The van der Waals surface area contributed by atoms with Gasteiger partial charge in [0, 0.05) is 12.5 Å². The number of benzene rings is 1. The Morgan fingerprint density at radius 3 is 2.86 bits per heavy atom. The number of aryl methyl sites for hydroxylation is 1. The summed E-state index contributed by atoms with van der Waals surface area (Å²) in [6.45, 7) is 8.42. The number of hydrogen-bond acceptors (Lipinski definition) is 1. The molecule has 1 fully saturated rings. The summed E-state index contributed by atoms with van der Waals surface area (Å²) in [6, 6.07) is 8.64. The van der Waals surface area contributed by atoms with Crippen molar-refractivity contribution < 1.29 is 0 Å². The maximum absolute atomic E-state index is 4.15. The Morgan fingerprint density at radius 1 is 1.36 bits per heavy atom. The van der Waals surface area contributed by atoms with Crippen LogP contribution in [0.3, 0.4) is 0 Å². The molecule has 1 unspecified atom stereocenters. The van der Waals surface area contributed by atoms with Crippen LogP contribution in [0.2, 0.25) is 0 Å². The fraction of sp³-hybridized carbons (Fsp3) is 0.385. The van der Waals surface area contributed by atoms with Gasteiger partial charge in [-0.25, -0.2) is 0 Å². The first-order valence-corrected chi connectivity index (χ1v) is 5.23. The highest BCUT2D eigenvalue weighted by atomic mass is 14.9. The summed E-state index contributed by atoms with van der Waals surface area (Å²) in [5.74, 6) is 0.567. The molecule has 74 valence electrons. The molecule has 0 spiro atoms. The van der Waals surface area contributed by atoms with Gasteiger partial charge in [-0.2, -0.15) is 0 Å². The van der Waals surface area contributed by atoms with Gasteiger partial charge in [-0.05, 0) is 31.0 Å². The molecule has 1 N–H and O–H groups in total. The minimum Gasteiger partial charge on any atom is -0.313 e. The topological polar surface area (TPSA) is 12.0 Å². The van der Waals surface area contributed by atoms with Crippen molar-refractivity contribution in [3.05, 3.63) is 47.5 Å². The molecule has 1 aromatic rings. The smallest absolute Gasteiger partial charge is 0.0168 e. The van der Waals surface area contributed by atoms with E-state index in [2.05, 4.69) is 43.1 Å². The average molecular weight is 187 g/mol. The second kappa shape index (κ2) is 3.97. The normalized spacial score (nSPS) is 22.4. The largest absolute Gasteiger partial charge is 0.313 e. The lowest BCUT2D eigenvalue weighted by molar-refractivity contribution is 0.554. The van der Waals surface area contributed by atoms with E-state index in [9.17, 15) is 0 Å². The Balaban J connectivity index is 2.29. The Bertz CT molecular complexity index is 341. The molecule has 1 heteroatoms. The van der Waals surface area contributed by atoms with E-state index >= 15 is 0 Å². The standard InChI is InChI=1S/C13H17N/c1-10-5-3-4-6-12(10)13-7-8-14-9-11(13)2/h3-6,13-14H,2,7-9H2,1H3. The molecule has 0 aromatic heterocycles. The fourth-order valence-corrected chi connectivity index (χ4v) is 2.18. The summed E-state index contributed by atoms with van der Waals surface area (Å²) in [5, 5.41) is 3.35. The first kappa shape index (κ1) is 9.47. The molecule has 1 nitrogen and oxygen atoms in total. The predicted octanol–water partition coefficient (Wildman–Crippen LogP) is 2.63. The molecule has 1 aliphatic rings. The second-order valence-electron chi connectivity index (χ2n) is 4.03. The van der Waals surface area contributed by atoms with Crippen molar-refractivity contribution in [3.8, 4) is 0 Å². The average Bonchev–Trinajstić information content (AvgIpc) is 2.20. The Hall–Kier alpha value is -1.08. The molecule has 1 atom stereocenters. The van der Waals surface area contributed by atoms with Crippen molar-refractivity contribution in [2.24, 2.45) is 0 Å².